The lowest BCUT2D eigenvalue weighted by Crippen LogP contribution is -2.18. The summed E-state index contributed by atoms with van der Waals surface area (Å²) >= 11 is 1.72. The van der Waals surface area contributed by atoms with E-state index in [-0.39, 0.29) is 0 Å². The highest BCUT2D eigenvalue weighted by Crippen LogP contribution is 2.28. The van der Waals surface area contributed by atoms with Gasteiger partial charge in [-0.1, -0.05) is 6.07 Å². The van der Waals surface area contributed by atoms with Gasteiger partial charge in [0.15, 0.2) is 11.6 Å². The highest BCUT2D eigenvalue weighted by atomic mass is 32.1. The van der Waals surface area contributed by atoms with Gasteiger partial charge in [-0.2, -0.15) is 0 Å². The number of carbonyl (C=O) groups excluding carboxylic acids is 1. The molecule has 0 aliphatic carbocycles. The van der Waals surface area contributed by atoms with Crippen LogP contribution in [0, 0.1) is 0 Å². The van der Waals surface area contributed by atoms with E-state index in [9.17, 15) is 4.79 Å². The van der Waals surface area contributed by atoms with E-state index in [0.29, 0.717) is 29.3 Å². The van der Waals surface area contributed by atoms with Crippen molar-refractivity contribution in [2.75, 3.05) is 18.9 Å². The highest BCUT2D eigenvalue weighted by molar-refractivity contribution is 7.09. The Hall–Kier alpha value is -3.30. The van der Waals surface area contributed by atoms with Gasteiger partial charge in [0.05, 0.1) is 29.5 Å². The second-order valence-electron chi connectivity index (χ2n) is 7.72. The summed E-state index contributed by atoms with van der Waals surface area (Å²) in [6.07, 6.45) is 5.49. The number of nitrogens with one attached hydrogen (secondary N) is 1. The Balaban J connectivity index is 1.62. The number of hydrogen-bond donors (Lipinski definition) is 2. The molecule has 158 valence electrons. The first-order valence-corrected chi connectivity index (χ1v) is 11.1. The van der Waals surface area contributed by atoms with Gasteiger partial charge in [-0.3, -0.25) is 9.20 Å². The average Bonchev–Trinajstić information content (AvgIpc) is 3.38. The summed E-state index contributed by atoms with van der Waals surface area (Å²) in [4.78, 5) is 29.7. The van der Waals surface area contributed by atoms with Crippen molar-refractivity contribution in [1.82, 2.24) is 24.3 Å². The van der Waals surface area contributed by atoms with Gasteiger partial charge in [0, 0.05) is 23.2 Å². The zero-order valence-corrected chi connectivity index (χ0v) is 18.0. The molecule has 0 saturated carbocycles. The van der Waals surface area contributed by atoms with Gasteiger partial charge >= 0.3 is 0 Å². The molecule has 4 aromatic heterocycles. The lowest BCUT2D eigenvalue weighted by Gasteiger charge is -2.16. The third-order valence-corrected chi connectivity index (χ3v) is 6.40. The predicted octanol–water partition coefficient (Wildman–Crippen LogP) is 2.94. The van der Waals surface area contributed by atoms with Crippen LogP contribution in [0.1, 0.15) is 32.9 Å². The van der Waals surface area contributed by atoms with E-state index >= 15 is 0 Å². The van der Waals surface area contributed by atoms with E-state index in [1.165, 1.54) is 10.4 Å². The molecule has 0 spiro atoms. The van der Waals surface area contributed by atoms with E-state index in [1.54, 1.807) is 29.7 Å². The number of anilines is 1. The topological polar surface area (TPSA) is 101 Å². The molecule has 8 nitrogen and oxygen atoms in total. The monoisotopic (exact) mass is 433 g/mol. The van der Waals surface area contributed by atoms with Gasteiger partial charge in [-0.05, 0) is 50.0 Å². The van der Waals surface area contributed by atoms with Crippen molar-refractivity contribution >= 4 is 28.6 Å². The number of hydrogen-bond acceptors (Lipinski definition) is 7. The van der Waals surface area contributed by atoms with Crippen molar-refractivity contribution in [1.29, 1.82) is 0 Å². The predicted molar refractivity (Wildman–Crippen MR) is 121 cm³/mol. The Morgan fingerprint density at radius 2 is 2.19 bits per heavy atom. The van der Waals surface area contributed by atoms with Crippen LogP contribution in [-0.4, -0.2) is 43.8 Å². The molecule has 0 radical (unpaired) electrons. The van der Waals surface area contributed by atoms with Crippen LogP contribution in [0.4, 0.5) is 5.82 Å². The fourth-order valence-corrected chi connectivity index (χ4v) is 4.65. The molecule has 0 fully saturated rings. The van der Waals surface area contributed by atoms with Gasteiger partial charge in [0.25, 0.3) is 5.91 Å². The molecule has 0 saturated heterocycles. The standard InChI is InChI=1S/C22H23N7OS/c1-28-8-2-6-15-17(13-28)26-21(27-20(15)24-11-14-5-4-10-31-14)22-25-12-18-16(19(23)30)7-3-9-29(18)22/h3-5,7,9-10,12H,2,6,8,11,13H2,1H3,(H2,23,30)(H,24,26,27). The molecule has 1 aliphatic rings. The molecule has 4 aromatic rings. The highest BCUT2D eigenvalue weighted by Gasteiger charge is 2.22. The van der Waals surface area contributed by atoms with Crippen molar-refractivity contribution in [3.63, 3.8) is 0 Å². The maximum absolute atomic E-state index is 11.8. The molecule has 0 aromatic carbocycles. The van der Waals surface area contributed by atoms with Crippen molar-refractivity contribution < 1.29 is 4.79 Å². The Morgan fingerprint density at radius 1 is 1.29 bits per heavy atom. The fraction of sp³-hybridized carbons (Fsp3) is 0.273. The minimum atomic E-state index is -0.486. The van der Waals surface area contributed by atoms with Gasteiger partial charge in [-0.25, -0.2) is 15.0 Å². The van der Waals surface area contributed by atoms with Crippen molar-refractivity contribution in [3.05, 3.63) is 63.7 Å². The average molecular weight is 434 g/mol. The summed E-state index contributed by atoms with van der Waals surface area (Å²) in [6.45, 7) is 2.49. The molecule has 0 unspecified atom stereocenters. The summed E-state index contributed by atoms with van der Waals surface area (Å²) in [6, 6.07) is 7.64. The summed E-state index contributed by atoms with van der Waals surface area (Å²) in [5.41, 5.74) is 8.79. The maximum atomic E-state index is 11.8. The second kappa shape index (κ2) is 8.09. The minimum Gasteiger partial charge on any atom is -0.366 e. The van der Waals surface area contributed by atoms with Gasteiger partial charge in [-0.15, -0.1) is 11.3 Å². The van der Waals surface area contributed by atoms with Crippen molar-refractivity contribution in [3.8, 4) is 11.6 Å². The van der Waals surface area contributed by atoms with Crippen LogP contribution >= 0.6 is 11.3 Å². The number of amides is 1. The summed E-state index contributed by atoms with van der Waals surface area (Å²) in [5.74, 6) is 1.49. The van der Waals surface area contributed by atoms with E-state index < -0.39 is 5.91 Å². The van der Waals surface area contributed by atoms with E-state index in [0.717, 1.165) is 37.4 Å². The number of aromatic nitrogens is 4. The number of pyridine rings is 1. The second-order valence-corrected chi connectivity index (χ2v) is 8.75. The molecular formula is C22H23N7OS. The Labute approximate surface area is 183 Å². The Morgan fingerprint density at radius 3 is 3.00 bits per heavy atom. The molecule has 31 heavy (non-hydrogen) atoms. The largest absolute Gasteiger partial charge is 0.366 e. The molecule has 1 aliphatic heterocycles. The zero-order valence-electron chi connectivity index (χ0n) is 17.2. The molecule has 5 heterocycles. The molecule has 0 atom stereocenters. The fourth-order valence-electron chi connectivity index (χ4n) is 4.01. The maximum Gasteiger partial charge on any atom is 0.250 e. The first-order valence-electron chi connectivity index (χ1n) is 10.2. The Kier molecular flexibility index (Phi) is 5.13. The lowest BCUT2D eigenvalue weighted by molar-refractivity contribution is 0.100. The third kappa shape index (κ3) is 3.77. The number of fused-ring (bicyclic) bond motifs is 2. The van der Waals surface area contributed by atoms with Gasteiger partial charge < -0.3 is 16.0 Å². The Bertz CT molecular complexity index is 1250. The number of nitrogens with two attached hydrogens (primary N) is 1. The number of rotatable bonds is 5. The van der Waals surface area contributed by atoms with Crippen molar-refractivity contribution in [2.24, 2.45) is 5.73 Å². The number of primary amides is 1. The van der Waals surface area contributed by atoms with Gasteiger partial charge in [0.1, 0.15) is 5.82 Å². The van der Waals surface area contributed by atoms with Crippen molar-refractivity contribution in [2.45, 2.75) is 25.9 Å². The molecule has 3 N–H and O–H groups in total. The number of thiophene rings is 1. The quantitative estimate of drug-likeness (QED) is 0.502. The molecule has 0 bridgehead atoms. The number of carbonyl (C=O) groups is 1. The van der Waals surface area contributed by atoms with E-state index in [4.69, 9.17) is 15.7 Å². The van der Waals surface area contributed by atoms with Crippen LogP contribution in [-0.2, 0) is 19.5 Å². The van der Waals surface area contributed by atoms with E-state index in [1.807, 2.05) is 10.6 Å². The number of imidazole rings is 1. The molecule has 1 amide bonds. The van der Waals surface area contributed by atoms with Gasteiger partial charge in [0.2, 0.25) is 0 Å². The van der Waals surface area contributed by atoms with Crippen LogP contribution in [0.2, 0.25) is 0 Å². The summed E-state index contributed by atoms with van der Waals surface area (Å²) in [7, 11) is 2.11. The molecule has 9 heteroatoms. The summed E-state index contributed by atoms with van der Waals surface area (Å²) < 4.78 is 1.82. The molecule has 5 rings (SSSR count). The van der Waals surface area contributed by atoms with Crippen LogP contribution in [0.5, 0.6) is 0 Å². The minimum absolute atomic E-state index is 0.423. The summed E-state index contributed by atoms with van der Waals surface area (Å²) in [5, 5.41) is 5.60. The lowest BCUT2D eigenvalue weighted by atomic mass is 10.1. The van der Waals surface area contributed by atoms with Crippen LogP contribution < -0.4 is 11.1 Å². The van der Waals surface area contributed by atoms with Crippen LogP contribution in [0.3, 0.4) is 0 Å². The number of nitrogens with zero attached hydrogens (tertiary/aromatic N) is 5. The third-order valence-electron chi connectivity index (χ3n) is 5.53. The smallest absolute Gasteiger partial charge is 0.250 e. The molecular weight excluding hydrogens is 410 g/mol. The normalized spacial score (nSPS) is 14.4. The SMILES string of the molecule is CN1CCCc2c(nc(-c3ncc4c(C(N)=O)cccn34)nc2NCc2cccs2)C1. The first-order chi connectivity index (χ1) is 15.1. The van der Waals surface area contributed by atoms with E-state index in [2.05, 4.69) is 39.8 Å². The zero-order chi connectivity index (χ0) is 21.4. The van der Waals surface area contributed by atoms with Crippen LogP contribution in [0.15, 0.2) is 42.0 Å². The van der Waals surface area contributed by atoms with Crippen LogP contribution in [0.25, 0.3) is 17.2 Å². The first kappa shape index (κ1) is 19.7.